The minimum Gasteiger partial charge on any atom is -0.440 e. The number of carbonyl (C=O) groups is 1. The standard InChI is InChI=1S/C23H29F2N3O2/c24-20-8-6-9-21(25)19(20)7-2-1-4-13-27-23(29)30-22-17-28(14-5-3-12-26)15-10-18(22)11-16-28/h2,6-9,18,22H,1,3-5,10-11,13-17H2/p+1/t18?,22-,28?/m0/s1. The molecule has 1 amide bonds. The fourth-order valence-electron chi connectivity index (χ4n) is 4.62. The molecule has 0 spiro atoms. The van der Waals surface area contributed by atoms with Crippen molar-refractivity contribution in [1.29, 1.82) is 5.26 Å². The largest absolute Gasteiger partial charge is 0.440 e. The first-order chi connectivity index (χ1) is 14.5. The van der Waals surface area contributed by atoms with E-state index in [9.17, 15) is 13.6 Å². The number of fused-ring (bicyclic) bond motifs is 3. The maximum Gasteiger partial charge on any atom is 0.407 e. The topological polar surface area (TPSA) is 62.1 Å². The molecule has 3 saturated heterocycles. The molecule has 5 nitrogen and oxygen atoms in total. The van der Waals surface area contributed by atoms with Crippen LogP contribution in [0.25, 0.3) is 6.08 Å². The van der Waals surface area contributed by atoms with Crippen LogP contribution in [0.4, 0.5) is 13.6 Å². The Morgan fingerprint density at radius 3 is 2.70 bits per heavy atom. The molecule has 162 valence electrons. The zero-order chi connectivity index (χ0) is 21.4. The van der Waals surface area contributed by atoms with Crippen molar-refractivity contribution in [3.05, 3.63) is 41.5 Å². The Kier molecular flexibility index (Phi) is 7.81. The molecule has 0 radical (unpaired) electrons. The van der Waals surface area contributed by atoms with Gasteiger partial charge in [0.05, 0.1) is 25.7 Å². The summed E-state index contributed by atoms with van der Waals surface area (Å²) in [7, 11) is 0. The Bertz CT molecular complexity index is 778. The molecule has 1 aromatic rings. The molecule has 3 fully saturated rings. The summed E-state index contributed by atoms with van der Waals surface area (Å²) in [6.45, 7) is 4.51. The minimum atomic E-state index is -0.585. The second-order valence-corrected chi connectivity index (χ2v) is 8.34. The molecule has 0 aromatic heterocycles. The first-order valence-electron chi connectivity index (χ1n) is 10.8. The molecule has 2 bridgehead atoms. The van der Waals surface area contributed by atoms with Crippen molar-refractivity contribution in [2.75, 3.05) is 32.7 Å². The highest BCUT2D eigenvalue weighted by molar-refractivity contribution is 5.67. The van der Waals surface area contributed by atoms with Crippen molar-refractivity contribution < 1.29 is 22.8 Å². The van der Waals surface area contributed by atoms with Crippen LogP contribution in [0.5, 0.6) is 0 Å². The third kappa shape index (κ3) is 5.79. The second-order valence-electron chi connectivity index (χ2n) is 8.34. The number of hydrogen-bond donors (Lipinski definition) is 1. The molecule has 0 unspecified atom stereocenters. The molecule has 4 rings (SSSR count). The maximum absolute atomic E-state index is 13.6. The van der Waals surface area contributed by atoms with Gasteiger partial charge in [-0.3, -0.25) is 0 Å². The highest BCUT2D eigenvalue weighted by Crippen LogP contribution is 2.35. The van der Waals surface area contributed by atoms with Gasteiger partial charge in [0, 0.05) is 43.7 Å². The smallest absolute Gasteiger partial charge is 0.407 e. The van der Waals surface area contributed by atoms with Crippen LogP contribution in [0, 0.1) is 28.9 Å². The number of benzene rings is 1. The van der Waals surface area contributed by atoms with Gasteiger partial charge in [-0.15, -0.1) is 0 Å². The fourth-order valence-corrected chi connectivity index (χ4v) is 4.62. The number of carbonyl (C=O) groups excluding carboxylic acids is 1. The van der Waals surface area contributed by atoms with Crippen molar-refractivity contribution in [3.8, 4) is 6.07 Å². The summed E-state index contributed by atoms with van der Waals surface area (Å²) < 4.78 is 33.8. The minimum absolute atomic E-state index is 0.0426. The molecule has 3 aliphatic heterocycles. The van der Waals surface area contributed by atoms with Gasteiger partial charge in [0.15, 0.2) is 6.10 Å². The number of halogens is 2. The van der Waals surface area contributed by atoms with E-state index >= 15 is 0 Å². The predicted octanol–water partition coefficient (Wildman–Crippen LogP) is 4.40. The Labute approximate surface area is 176 Å². The molecule has 1 aromatic carbocycles. The van der Waals surface area contributed by atoms with E-state index in [0.29, 0.717) is 31.7 Å². The number of alkyl carbamates (subject to hydrolysis) is 1. The van der Waals surface area contributed by atoms with E-state index in [-0.39, 0.29) is 11.7 Å². The quantitative estimate of drug-likeness (QED) is 0.478. The lowest BCUT2D eigenvalue weighted by atomic mass is 9.83. The van der Waals surface area contributed by atoms with E-state index < -0.39 is 17.7 Å². The van der Waals surface area contributed by atoms with Crippen molar-refractivity contribution in [3.63, 3.8) is 0 Å². The van der Waals surface area contributed by atoms with Gasteiger partial charge in [-0.25, -0.2) is 13.6 Å². The summed E-state index contributed by atoms with van der Waals surface area (Å²) in [6, 6.07) is 6.00. The van der Waals surface area contributed by atoms with Crippen LogP contribution in [0.3, 0.4) is 0 Å². The van der Waals surface area contributed by atoms with Gasteiger partial charge < -0.3 is 14.5 Å². The van der Waals surface area contributed by atoms with Gasteiger partial charge in [-0.2, -0.15) is 5.26 Å². The van der Waals surface area contributed by atoms with Gasteiger partial charge in [0.25, 0.3) is 0 Å². The van der Waals surface area contributed by atoms with Crippen LogP contribution in [0.2, 0.25) is 0 Å². The summed E-state index contributed by atoms with van der Waals surface area (Å²) >= 11 is 0. The zero-order valence-corrected chi connectivity index (χ0v) is 17.3. The number of nitrogens with one attached hydrogen (secondary N) is 1. The Morgan fingerprint density at radius 2 is 2.00 bits per heavy atom. The average molecular weight is 419 g/mol. The van der Waals surface area contributed by atoms with E-state index in [0.717, 1.165) is 49.9 Å². The normalized spacial score (nSPS) is 25.2. The number of allylic oxidation sites excluding steroid dienone is 1. The van der Waals surface area contributed by atoms with E-state index in [1.807, 2.05) is 0 Å². The van der Waals surface area contributed by atoms with Crippen LogP contribution < -0.4 is 5.32 Å². The van der Waals surface area contributed by atoms with Gasteiger partial charge in [0.1, 0.15) is 18.2 Å². The number of nitriles is 1. The Hall–Kier alpha value is -2.46. The summed E-state index contributed by atoms with van der Waals surface area (Å²) in [6.07, 6.45) is 7.55. The van der Waals surface area contributed by atoms with Crippen LogP contribution in [0.15, 0.2) is 24.3 Å². The Morgan fingerprint density at radius 1 is 1.27 bits per heavy atom. The third-order valence-electron chi connectivity index (χ3n) is 6.32. The van der Waals surface area contributed by atoms with E-state index in [2.05, 4.69) is 11.4 Å². The lowest BCUT2D eigenvalue weighted by Crippen LogP contribution is -2.64. The van der Waals surface area contributed by atoms with Crippen LogP contribution in [-0.4, -0.2) is 49.4 Å². The fraction of sp³-hybridized carbons (Fsp3) is 0.565. The van der Waals surface area contributed by atoms with Crippen molar-refractivity contribution in [2.45, 2.75) is 44.6 Å². The lowest BCUT2D eigenvalue weighted by molar-refractivity contribution is -0.946. The van der Waals surface area contributed by atoms with E-state index in [4.69, 9.17) is 10.00 Å². The molecular weight excluding hydrogens is 388 g/mol. The molecule has 1 N–H and O–H groups in total. The summed E-state index contributed by atoms with van der Waals surface area (Å²) in [5.41, 5.74) is -0.0426. The van der Waals surface area contributed by atoms with Gasteiger partial charge in [-0.05, 0) is 25.0 Å². The second kappa shape index (κ2) is 10.5. The van der Waals surface area contributed by atoms with Crippen molar-refractivity contribution in [1.82, 2.24) is 5.32 Å². The number of hydrogen-bond acceptors (Lipinski definition) is 3. The summed E-state index contributed by atoms with van der Waals surface area (Å²) in [4.78, 5) is 12.2. The molecule has 7 heteroatoms. The molecule has 0 aliphatic carbocycles. The molecule has 3 heterocycles. The third-order valence-corrected chi connectivity index (χ3v) is 6.32. The van der Waals surface area contributed by atoms with Crippen LogP contribution >= 0.6 is 0 Å². The van der Waals surface area contributed by atoms with E-state index in [1.165, 1.54) is 24.3 Å². The van der Waals surface area contributed by atoms with Crippen molar-refractivity contribution >= 4 is 12.2 Å². The lowest BCUT2D eigenvalue weighted by Gasteiger charge is -2.52. The molecule has 0 saturated carbocycles. The van der Waals surface area contributed by atoms with Crippen LogP contribution in [-0.2, 0) is 4.74 Å². The molecule has 1 atom stereocenters. The SMILES string of the molecule is N#CCCC[N+]12CCC(CC1)[C@@H](OC(=O)NCCCC=Cc1c(F)cccc1F)C2. The number of piperidine rings is 3. The highest BCUT2D eigenvalue weighted by atomic mass is 19.1. The average Bonchev–Trinajstić information content (AvgIpc) is 2.73. The van der Waals surface area contributed by atoms with E-state index in [1.54, 1.807) is 6.08 Å². The van der Waals surface area contributed by atoms with Crippen molar-refractivity contribution in [2.24, 2.45) is 5.92 Å². The number of rotatable bonds is 9. The number of unbranched alkanes of at least 4 members (excludes halogenated alkanes) is 2. The number of amides is 1. The maximum atomic E-state index is 13.6. The van der Waals surface area contributed by atoms with Crippen LogP contribution in [0.1, 0.15) is 44.1 Å². The first kappa shape index (κ1) is 22.2. The van der Waals surface area contributed by atoms with Gasteiger partial charge >= 0.3 is 6.09 Å². The highest BCUT2D eigenvalue weighted by Gasteiger charge is 2.47. The van der Waals surface area contributed by atoms with Gasteiger partial charge in [0.2, 0.25) is 0 Å². The predicted molar refractivity (Wildman–Crippen MR) is 110 cm³/mol. The van der Waals surface area contributed by atoms with Gasteiger partial charge in [-0.1, -0.05) is 18.2 Å². The summed E-state index contributed by atoms with van der Waals surface area (Å²) in [5, 5.41) is 11.6. The number of quaternary nitrogens is 1. The number of nitrogens with zero attached hydrogens (tertiary/aromatic N) is 2. The Balaban J connectivity index is 1.37. The molecule has 3 aliphatic rings. The molecular formula is C23H30F2N3O2+. The molecule has 30 heavy (non-hydrogen) atoms. The summed E-state index contributed by atoms with van der Waals surface area (Å²) in [5.74, 6) is -0.734. The first-order valence-corrected chi connectivity index (χ1v) is 10.8. The zero-order valence-electron chi connectivity index (χ0n) is 17.3. The number of ether oxygens (including phenoxy) is 1. The monoisotopic (exact) mass is 418 g/mol.